The maximum absolute atomic E-state index is 13.2. The Morgan fingerprint density at radius 3 is 2.68 bits per heavy atom. The van der Waals surface area contributed by atoms with Crippen LogP contribution >= 0.6 is 0 Å². The zero-order valence-electron chi connectivity index (χ0n) is 18.0. The fraction of sp³-hybridized carbons (Fsp3) is 0.320. The van der Waals surface area contributed by atoms with Gasteiger partial charge in [-0.15, -0.1) is 0 Å². The van der Waals surface area contributed by atoms with Crippen LogP contribution in [0.4, 0.5) is 0 Å². The van der Waals surface area contributed by atoms with E-state index in [0.717, 1.165) is 28.6 Å². The zero-order valence-corrected chi connectivity index (χ0v) is 18.0. The fourth-order valence-electron chi connectivity index (χ4n) is 4.05. The van der Waals surface area contributed by atoms with Crippen LogP contribution in [0.15, 0.2) is 60.9 Å². The number of benzene rings is 1. The number of amides is 2. The van der Waals surface area contributed by atoms with Gasteiger partial charge in [-0.3, -0.25) is 9.59 Å². The second-order valence-corrected chi connectivity index (χ2v) is 8.32. The van der Waals surface area contributed by atoms with Crippen molar-refractivity contribution >= 4 is 28.4 Å². The largest absolute Gasteiger partial charge is 0.346 e. The third-order valence-electron chi connectivity index (χ3n) is 5.77. The van der Waals surface area contributed by atoms with Crippen molar-refractivity contribution in [3.8, 4) is 0 Å². The van der Waals surface area contributed by atoms with E-state index in [4.69, 9.17) is 0 Å². The number of nitrogens with zero attached hydrogens (tertiary/aromatic N) is 2. The van der Waals surface area contributed by atoms with Crippen LogP contribution in [0, 0.1) is 5.92 Å². The lowest BCUT2D eigenvalue weighted by molar-refractivity contribution is -0.137. The first-order valence-corrected chi connectivity index (χ1v) is 10.8. The molecule has 0 fully saturated rings. The van der Waals surface area contributed by atoms with Crippen molar-refractivity contribution in [2.75, 3.05) is 13.1 Å². The molecule has 3 aromatic rings. The van der Waals surface area contributed by atoms with E-state index in [1.807, 2.05) is 61.3 Å². The number of rotatable bonds is 6. The molecule has 3 heterocycles. The van der Waals surface area contributed by atoms with Crippen molar-refractivity contribution in [1.29, 1.82) is 0 Å². The Balaban J connectivity index is 1.42. The van der Waals surface area contributed by atoms with Crippen LogP contribution in [-0.4, -0.2) is 45.8 Å². The van der Waals surface area contributed by atoms with E-state index in [-0.39, 0.29) is 24.2 Å². The van der Waals surface area contributed by atoms with Crippen LogP contribution < -0.4 is 5.32 Å². The Morgan fingerprint density at radius 2 is 1.97 bits per heavy atom. The van der Waals surface area contributed by atoms with Gasteiger partial charge in [0.25, 0.3) is 0 Å². The summed E-state index contributed by atoms with van der Waals surface area (Å²) in [6.45, 7) is 5.11. The lowest BCUT2D eigenvalue weighted by atomic mass is 9.97. The predicted molar refractivity (Wildman–Crippen MR) is 122 cm³/mol. The maximum atomic E-state index is 13.2. The van der Waals surface area contributed by atoms with E-state index in [1.165, 1.54) is 5.57 Å². The van der Waals surface area contributed by atoms with Gasteiger partial charge in [-0.05, 0) is 35.6 Å². The Kier molecular flexibility index (Phi) is 6.16. The molecule has 1 unspecified atom stereocenters. The van der Waals surface area contributed by atoms with Crippen LogP contribution in [0.5, 0.6) is 0 Å². The molecular formula is C25H28N4O2. The Hall–Kier alpha value is -3.41. The Bertz CT molecular complexity index is 1100. The standard InChI is InChI=1S/C25H28N4O2/c1-17(2)23(28-22(30)15-18-7-4-3-5-8-18)25(31)29-13-10-19(11-14-29)21-16-27-24-20(21)9-6-12-26-24/h3-10,12,16-17,23H,11,13-15H2,1-2H3,(H,26,27)(H,28,30). The van der Waals surface area contributed by atoms with Crippen molar-refractivity contribution in [3.05, 3.63) is 72.1 Å². The van der Waals surface area contributed by atoms with Gasteiger partial charge in [-0.1, -0.05) is 50.3 Å². The molecule has 6 heteroatoms. The molecule has 0 spiro atoms. The summed E-state index contributed by atoms with van der Waals surface area (Å²) in [5.41, 5.74) is 4.18. The molecule has 0 aliphatic carbocycles. The SMILES string of the molecule is CC(C)C(NC(=O)Cc1ccccc1)C(=O)N1CC=C(c2c[nH]c3ncccc23)CC1. The van der Waals surface area contributed by atoms with Gasteiger partial charge in [0, 0.05) is 36.4 Å². The second kappa shape index (κ2) is 9.16. The average Bonchev–Trinajstić information content (AvgIpc) is 3.22. The summed E-state index contributed by atoms with van der Waals surface area (Å²) in [6.07, 6.45) is 6.92. The molecule has 1 aromatic carbocycles. The molecule has 0 saturated carbocycles. The van der Waals surface area contributed by atoms with Crippen molar-refractivity contribution in [2.24, 2.45) is 5.92 Å². The molecule has 31 heavy (non-hydrogen) atoms. The summed E-state index contributed by atoms with van der Waals surface area (Å²) >= 11 is 0. The lowest BCUT2D eigenvalue weighted by Gasteiger charge is -2.32. The minimum atomic E-state index is -0.525. The first kappa shape index (κ1) is 20.8. The van der Waals surface area contributed by atoms with E-state index in [0.29, 0.717) is 13.1 Å². The number of carbonyl (C=O) groups is 2. The van der Waals surface area contributed by atoms with Crippen LogP contribution in [0.1, 0.15) is 31.4 Å². The molecule has 1 atom stereocenters. The highest BCUT2D eigenvalue weighted by Crippen LogP contribution is 2.28. The Labute approximate surface area is 182 Å². The van der Waals surface area contributed by atoms with Crippen molar-refractivity contribution in [2.45, 2.75) is 32.7 Å². The van der Waals surface area contributed by atoms with Gasteiger partial charge >= 0.3 is 0 Å². The summed E-state index contributed by atoms with van der Waals surface area (Å²) in [5.74, 6) is -0.137. The molecule has 0 radical (unpaired) electrons. The van der Waals surface area contributed by atoms with Gasteiger partial charge in [0.2, 0.25) is 11.8 Å². The number of hydrogen-bond donors (Lipinski definition) is 2. The molecule has 2 amide bonds. The third-order valence-corrected chi connectivity index (χ3v) is 5.77. The van der Waals surface area contributed by atoms with E-state index < -0.39 is 6.04 Å². The number of aromatic amines is 1. The monoisotopic (exact) mass is 416 g/mol. The first-order chi connectivity index (χ1) is 15.0. The van der Waals surface area contributed by atoms with Crippen molar-refractivity contribution in [3.63, 3.8) is 0 Å². The second-order valence-electron chi connectivity index (χ2n) is 8.32. The van der Waals surface area contributed by atoms with Crippen molar-refractivity contribution < 1.29 is 9.59 Å². The summed E-state index contributed by atoms with van der Waals surface area (Å²) < 4.78 is 0. The van der Waals surface area contributed by atoms with Gasteiger partial charge in [-0.25, -0.2) is 4.98 Å². The van der Waals surface area contributed by atoms with Gasteiger partial charge in [0.15, 0.2) is 0 Å². The number of pyridine rings is 1. The predicted octanol–water partition coefficient (Wildman–Crippen LogP) is 3.56. The molecule has 4 rings (SSSR count). The molecular weight excluding hydrogens is 388 g/mol. The number of carbonyl (C=O) groups excluding carboxylic acids is 2. The number of nitrogens with one attached hydrogen (secondary N) is 2. The minimum Gasteiger partial charge on any atom is -0.346 e. The summed E-state index contributed by atoms with van der Waals surface area (Å²) in [7, 11) is 0. The molecule has 2 aromatic heterocycles. The molecule has 6 nitrogen and oxygen atoms in total. The van der Waals surface area contributed by atoms with Crippen LogP contribution in [-0.2, 0) is 16.0 Å². The maximum Gasteiger partial charge on any atom is 0.245 e. The smallest absolute Gasteiger partial charge is 0.245 e. The van der Waals surface area contributed by atoms with Crippen molar-refractivity contribution in [1.82, 2.24) is 20.2 Å². The average molecular weight is 417 g/mol. The van der Waals surface area contributed by atoms with E-state index in [9.17, 15) is 9.59 Å². The topological polar surface area (TPSA) is 78.1 Å². The zero-order chi connectivity index (χ0) is 21.8. The number of hydrogen-bond acceptors (Lipinski definition) is 3. The fourth-order valence-corrected chi connectivity index (χ4v) is 4.05. The highest BCUT2D eigenvalue weighted by atomic mass is 16.2. The highest BCUT2D eigenvalue weighted by Gasteiger charge is 2.29. The highest BCUT2D eigenvalue weighted by molar-refractivity contribution is 5.92. The number of aromatic nitrogens is 2. The summed E-state index contributed by atoms with van der Waals surface area (Å²) in [4.78, 5) is 35.1. The summed E-state index contributed by atoms with van der Waals surface area (Å²) in [6, 6.07) is 13.1. The first-order valence-electron chi connectivity index (χ1n) is 10.8. The van der Waals surface area contributed by atoms with Gasteiger partial charge < -0.3 is 15.2 Å². The van der Waals surface area contributed by atoms with E-state index in [2.05, 4.69) is 27.4 Å². The Morgan fingerprint density at radius 1 is 1.16 bits per heavy atom. The van der Waals surface area contributed by atoms with Gasteiger partial charge in [0.1, 0.15) is 11.7 Å². The molecule has 0 bridgehead atoms. The molecule has 160 valence electrons. The summed E-state index contributed by atoms with van der Waals surface area (Å²) in [5, 5.41) is 4.06. The van der Waals surface area contributed by atoms with Crippen LogP contribution in [0.25, 0.3) is 16.6 Å². The lowest BCUT2D eigenvalue weighted by Crippen LogP contribution is -2.52. The normalized spacial score (nSPS) is 15.1. The van der Waals surface area contributed by atoms with Gasteiger partial charge in [-0.2, -0.15) is 0 Å². The number of fused-ring (bicyclic) bond motifs is 1. The van der Waals surface area contributed by atoms with E-state index >= 15 is 0 Å². The molecule has 1 aliphatic heterocycles. The van der Waals surface area contributed by atoms with Gasteiger partial charge in [0.05, 0.1) is 6.42 Å². The number of H-pyrrole nitrogens is 1. The van der Waals surface area contributed by atoms with E-state index in [1.54, 1.807) is 6.20 Å². The molecule has 2 N–H and O–H groups in total. The molecule has 0 saturated heterocycles. The molecule has 1 aliphatic rings. The third kappa shape index (κ3) is 4.68. The van der Waals surface area contributed by atoms with Crippen LogP contribution in [0.3, 0.4) is 0 Å². The minimum absolute atomic E-state index is 0.0114. The quantitative estimate of drug-likeness (QED) is 0.645. The van der Waals surface area contributed by atoms with Crippen LogP contribution in [0.2, 0.25) is 0 Å².